The second kappa shape index (κ2) is 5.46. The highest BCUT2D eigenvalue weighted by molar-refractivity contribution is 7.37. The van der Waals surface area contributed by atoms with Crippen molar-refractivity contribution in [3.63, 3.8) is 0 Å². The van der Waals surface area contributed by atoms with Gasteiger partial charge in [0, 0.05) is 10.8 Å². The molecule has 0 saturated carbocycles. The molecule has 0 N–H and O–H groups in total. The first-order valence-electron chi connectivity index (χ1n) is 8.07. The lowest BCUT2D eigenvalue weighted by molar-refractivity contribution is 0.284. The first-order chi connectivity index (χ1) is 10.7. The van der Waals surface area contributed by atoms with Crippen LogP contribution in [0.25, 0.3) is 21.5 Å². The summed E-state index contributed by atoms with van der Waals surface area (Å²) in [5.41, 5.74) is 2.20. The molecule has 0 fully saturated rings. The molecule has 0 saturated heterocycles. The Morgan fingerprint density at radius 3 is 2.35 bits per heavy atom. The summed E-state index contributed by atoms with van der Waals surface area (Å²) in [4.78, 5) is 0. The van der Waals surface area contributed by atoms with Crippen LogP contribution in [0.5, 0.6) is 0 Å². The van der Waals surface area contributed by atoms with Crippen LogP contribution in [-0.2, 0) is 9.98 Å². The number of benzene rings is 2. The van der Waals surface area contributed by atoms with E-state index in [0.29, 0.717) is 5.58 Å². The van der Waals surface area contributed by atoms with Gasteiger partial charge in [-0.15, -0.1) is 0 Å². The van der Waals surface area contributed by atoms with Gasteiger partial charge in [0.1, 0.15) is 0 Å². The van der Waals surface area contributed by atoms with Crippen molar-refractivity contribution in [1.29, 1.82) is 0 Å². The highest BCUT2D eigenvalue weighted by Gasteiger charge is 2.29. The van der Waals surface area contributed by atoms with E-state index >= 15 is 0 Å². The Bertz CT molecular complexity index is 930. The Morgan fingerprint density at radius 2 is 1.65 bits per heavy atom. The van der Waals surface area contributed by atoms with Crippen LogP contribution >= 0.6 is 7.65 Å². The van der Waals surface area contributed by atoms with E-state index in [-0.39, 0.29) is 10.8 Å². The van der Waals surface area contributed by atoms with Gasteiger partial charge in [-0.1, -0.05) is 58.9 Å². The third-order valence-electron chi connectivity index (χ3n) is 4.31. The van der Waals surface area contributed by atoms with E-state index in [2.05, 4.69) is 52.8 Å². The summed E-state index contributed by atoms with van der Waals surface area (Å²) in [6.07, 6.45) is 1.06. The van der Waals surface area contributed by atoms with Crippen LogP contribution < -0.4 is 0 Å². The molecule has 0 bridgehead atoms. The maximum Gasteiger partial charge on any atom is 0.597 e. The first-order valence-corrected chi connectivity index (χ1v) is 9.24. The van der Waals surface area contributed by atoms with Crippen molar-refractivity contribution in [2.45, 2.75) is 46.5 Å². The monoisotopic (exact) mass is 327 g/mol. The van der Waals surface area contributed by atoms with Crippen molar-refractivity contribution >= 4 is 29.1 Å². The molecule has 1 atom stereocenters. The van der Waals surface area contributed by atoms with Gasteiger partial charge in [-0.05, 0) is 45.6 Å². The van der Waals surface area contributed by atoms with E-state index in [0.717, 1.165) is 22.3 Å². The van der Waals surface area contributed by atoms with Crippen LogP contribution in [0.1, 0.15) is 46.6 Å². The van der Waals surface area contributed by atoms with Gasteiger partial charge in [-0.3, -0.25) is 0 Å². The minimum atomic E-state index is -1.84. The van der Waals surface area contributed by atoms with Gasteiger partial charge in [0.25, 0.3) is 0 Å². The number of hydrogen-bond donors (Lipinski definition) is 0. The molecule has 0 amide bonds. The Morgan fingerprint density at radius 1 is 0.957 bits per heavy atom. The third-order valence-corrected chi connectivity index (χ3v) is 5.43. The fraction of sp³-hybridized carbons (Fsp3) is 0.400. The average Bonchev–Trinajstić information content (AvgIpc) is 2.44. The summed E-state index contributed by atoms with van der Waals surface area (Å²) in [6.45, 7) is 11.3. The summed E-state index contributed by atoms with van der Waals surface area (Å²) in [5.74, 6) is 0. The Kier molecular flexibility index (Phi) is 3.84. The predicted octanol–water partition coefficient (Wildman–Crippen LogP) is 7.04. The zero-order chi connectivity index (χ0) is 16.8. The number of rotatable bonds is 2. The molecule has 23 heavy (non-hydrogen) atoms. The van der Waals surface area contributed by atoms with Crippen LogP contribution in [0.3, 0.4) is 0 Å². The van der Waals surface area contributed by atoms with Gasteiger partial charge in [-0.25, -0.2) is 4.20 Å². The van der Waals surface area contributed by atoms with E-state index in [1.54, 1.807) is 0 Å². The quantitative estimate of drug-likeness (QED) is 0.472. The minimum absolute atomic E-state index is 0.0282. The zero-order valence-corrected chi connectivity index (χ0v) is 15.4. The average molecular weight is 327 g/mol. The lowest BCUT2D eigenvalue weighted by Gasteiger charge is -2.32. The van der Waals surface area contributed by atoms with E-state index < -0.39 is 7.65 Å². The lowest BCUT2D eigenvalue weighted by Crippen LogP contribution is -2.24. The molecule has 3 heteroatoms. The van der Waals surface area contributed by atoms with E-state index in [9.17, 15) is 4.57 Å². The van der Waals surface area contributed by atoms with Crippen LogP contribution in [0.4, 0.5) is 0 Å². The predicted molar refractivity (Wildman–Crippen MR) is 98.4 cm³/mol. The molecule has 1 aromatic heterocycles. The summed E-state index contributed by atoms with van der Waals surface area (Å²) in [5, 5.41) is 2.87. The number of fused-ring (bicyclic) bond motifs is 3. The van der Waals surface area contributed by atoms with Crippen molar-refractivity contribution in [1.82, 2.24) is 0 Å². The van der Waals surface area contributed by atoms with Gasteiger partial charge < -0.3 is 0 Å². The normalized spacial score (nSPS) is 13.7. The van der Waals surface area contributed by atoms with E-state index in [4.69, 9.17) is 4.20 Å². The first kappa shape index (κ1) is 16.2. The smallest absolute Gasteiger partial charge is 0.250 e. The molecule has 0 aliphatic heterocycles. The minimum Gasteiger partial charge on any atom is -0.250 e. The molecule has 2 aromatic carbocycles. The molecule has 3 aromatic rings. The Balaban J connectivity index is 2.22. The molecule has 3 rings (SSSR count). The van der Waals surface area contributed by atoms with Gasteiger partial charge in [-0.2, -0.15) is 0 Å². The zero-order valence-electron chi connectivity index (χ0n) is 14.5. The largest absolute Gasteiger partial charge is 0.597 e. The molecule has 0 radical (unpaired) electrons. The third kappa shape index (κ3) is 3.19. The van der Waals surface area contributed by atoms with Crippen molar-refractivity contribution in [3.05, 3.63) is 48.0 Å². The SMILES string of the molecule is CC(C)(C)CC(C)(C)c1ccc2c3ccccc3o[p+](=O)c2c1. The Labute approximate surface area is 138 Å². The molecular formula is C20H24O2P+. The fourth-order valence-electron chi connectivity index (χ4n) is 3.67. The Hall–Kier alpha value is -1.66. The van der Waals surface area contributed by atoms with Gasteiger partial charge in [0.05, 0.1) is 0 Å². The second-order valence-electron chi connectivity index (χ2n) is 8.20. The number of para-hydroxylation sites is 1. The molecule has 0 aliphatic carbocycles. The van der Waals surface area contributed by atoms with Gasteiger partial charge in [0.15, 0.2) is 5.58 Å². The molecule has 120 valence electrons. The van der Waals surface area contributed by atoms with Gasteiger partial charge in [0.2, 0.25) is 5.12 Å². The highest BCUT2D eigenvalue weighted by Crippen LogP contribution is 2.41. The molecule has 1 unspecified atom stereocenters. The van der Waals surface area contributed by atoms with Gasteiger partial charge >= 0.3 is 7.65 Å². The maximum atomic E-state index is 12.5. The maximum absolute atomic E-state index is 12.5. The van der Waals surface area contributed by atoms with Crippen molar-refractivity contribution in [2.75, 3.05) is 0 Å². The van der Waals surface area contributed by atoms with Crippen LogP contribution in [0.15, 0.2) is 46.7 Å². The summed E-state index contributed by atoms with van der Waals surface area (Å²) in [6, 6.07) is 14.2. The van der Waals surface area contributed by atoms with Crippen molar-refractivity contribution < 1.29 is 8.76 Å². The molecule has 0 aliphatic rings. The molecule has 1 heterocycles. The second-order valence-corrected chi connectivity index (χ2v) is 9.38. The molecule has 2 nitrogen and oxygen atoms in total. The highest BCUT2D eigenvalue weighted by atomic mass is 31.1. The summed E-state index contributed by atoms with van der Waals surface area (Å²) < 4.78 is 18.2. The van der Waals surface area contributed by atoms with Crippen molar-refractivity contribution in [3.8, 4) is 0 Å². The van der Waals surface area contributed by atoms with E-state index in [1.807, 2.05) is 24.3 Å². The van der Waals surface area contributed by atoms with Crippen molar-refractivity contribution in [2.24, 2.45) is 5.41 Å². The van der Waals surface area contributed by atoms with Crippen LogP contribution in [0, 0.1) is 5.41 Å². The molecule has 0 spiro atoms. The number of hydrogen-bond acceptors (Lipinski definition) is 2. The standard InChI is InChI=1S/C20H24O2P/c1-19(2,3)13-20(4,5)14-10-11-16-15-8-6-7-9-17(15)22-23(21)18(16)12-14/h6-12H,13H2,1-5H3/q+1. The lowest BCUT2D eigenvalue weighted by atomic mass is 9.72. The van der Waals surface area contributed by atoms with Crippen LogP contribution in [0.2, 0.25) is 0 Å². The summed E-state index contributed by atoms with van der Waals surface area (Å²) in [7, 11) is -1.84. The fourth-order valence-corrected chi connectivity index (χ4v) is 4.74. The molecular weight excluding hydrogens is 303 g/mol. The topological polar surface area (TPSA) is 30.2 Å². The summed E-state index contributed by atoms with van der Waals surface area (Å²) >= 11 is 0. The van der Waals surface area contributed by atoms with E-state index in [1.165, 1.54) is 5.56 Å². The van der Waals surface area contributed by atoms with Crippen LogP contribution in [-0.4, -0.2) is 0 Å².